The second-order valence-electron chi connectivity index (χ2n) is 3.55. The van der Waals surface area contributed by atoms with E-state index in [4.69, 9.17) is 0 Å². The van der Waals surface area contributed by atoms with Crippen LogP contribution in [0.4, 0.5) is 0 Å². The van der Waals surface area contributed by atoms with E-state index in [9.17, 15) is 9.59 Å². The van der Waals surface area contributed by atoms with Crippen molar-refractivity contribution in [1.82, 2.24) is 5.32 Å². The van der Waals surface area contributed by atoms with Crippen molar-refractivity contribution in [3.63, 3.8) is 0 Å². The Morgan fingerprint density at radius 2 is 2.06 bits per heavy atom. The molecule has 0 aromatic heterocycles. The molecular weight excluding hydrogens is 286 g/mol. The number of halogens is 1. The second kappa shape index (κ2) is 6.39. The zero-order valence-electron chi connectivity index (χ0n) is 9.70. The highest BCUT2D eigenvalue weighted by molar-refractivity contribution is 9.10. The van der Waals surface area contributed by atoms with Crippen LogP contribution in [0.1, 0.15) is 24.9 Å². The van der Waals surface area contributed by atoms with Crippen molar-refractivity contribution < 1.29 is 14.3 Å². The Kier molecular flexibility index (Phi) is 5.15. The van der Waals surface area contributed by atoms with Crippen LogP contribution >= 0.6 is 15.9 Å². The monoisotopic (exact) mass is 299 g/mol. The van der Waals surface area contributed by atoms with Gasteiger partial charge in [0.25, 0.3) is 0 Å². The third-order valence-electron chi connectivity index (χ3n) is 2.26. The van der Waals surface area contributed by atoms with Gasteiger partial charge in [-0.1, -0.05) is 34.1 Å². The first-order valence-electron chi connectivity index (χ1n) is 5.13. The summed E-state index contributed by atoms with van der Waals surface area (Å²) < 4.78 is 5.47. The van der Waals surface area contributed by atoms with Crippen molar-refractivity contribution in [2.24, 2.45) is 0 Å². The number of benzene rings is 1. The summed E-state index contributed by atoms with van der Waals surface area (Å²) in [5.41, 5.74) is 0.855. The van der Waals surface area contributed by atoms with Crippen LogP contribution in [0.2, 0.25) is 0 Å². The van der Waals surface area contributed by atoms with Gasteiger partial charge in [-0.05, 0) is 11.6 Å². The van der Waals surface area contributed by atoms with Gasteiger partial charge >= 0.3 is 5.97 Å². The molecule has 0 saturated carbocycles. The Labute approximate surface area is 108 Å². The van der Waals surface area contributed by atoms with Gasteiger partial charge in [-0.3, -0.25) is 9.59 Å². The Balaban J connectivity index is 2.93. The normalized spacial score (nSPS) is 11.7. The summed E-state index contributed by atoms with van der Waals surface area (Å²) in [6.45, 7) is 1.42. The largest absolute Gasteiger partial charge is 0.469 e. The molecule has 1 rings (SSSR count). The Hall–Kier alpha value is -1.36. The number of hydrogen-bond donors (Lipinski definition) is 1. The van der Waals surface area contributed by atoms with Crippen molar-refractivity contribution >= 4 is 27.8 Å². The van der Waals surface area contributed by atoms with Crippen molar-refractivity contribution in [3.8, 4) is 0 Å². The zero-order chi connectivity index (χ0) is 12.8. The zero-order valence-corrected chi connectivity index (χ0v) is 11.3. The first kappa shape index (κ1) is 13.7. The van der Waals surface area contributed by atoms with E-state index >= 15 is 0 Å². The second-order valence-corrected chi connectivity index (χ2v) is 4.41. The van der Waals surface area contributed by atoms with Crippen molar-refractivity contribution in [2.75, 3.05) is 7.11 Å². The number of rotatable bonds is 4. The molecule has 0 aliphatic carbocycles. The Bertz CT molecular complexity index is 420. The Morgan fingerprint density at radius 3 is 2.59 bits per heavy atom. The number of methoxy groups -OCH3 is 1. The summed E-state index contributed by atoms with van der Waals surface area (Å²) in [7, 11) is 1.33. The van der Waals surface area contributed by atoms with E-state index < -0.39 is 0 Å². The van der Waals surface area contributed by atoms with Crippen LogP contribution in [-0.4, -0.2) is 19.0 Å². The lowest BCUT2D eigenvalue weighted by molar-refractivity contribution is -0.141. The first-order valence-corrected chi connectivity index (χ1v) is 5.92. The van der Waals surface area contributed by atoms with Crippen molar-refractivity contribution in [1.29, 1.82) is 0 Å². The minimum atomic E-state index is -0.379. The molecule has 1 aromatic carbocycles. The fourth-order valence-electron chi connectivity index (χ4n) is 1.49. The highest BCUT2D eigenvalue weighted by Crippen LogP contribution is 2.25. The SMILES string of the molecule is COC(=O)C[C@H](NC(C)=O)c1ccccc1Br. The first-order chi connectivity index (χ1) is 8.04. The van der Waals surface area contributed by atoms with Gasteiger partial charge in [-0.15, -0.1) is 0 Å². The van der Waals surface area contributed by atoms with Gasteiger partial charge in [0.15, 0.2) is 0 Å². The van der Waals surface area contributed by atoms with Crippen LogP contribution in [-0.2, 0) is 14.3 Å². The quantitative estimate of drug-likeness (QED) is 0.867. The molecule has 4 nitrogen and oxygen atoms in total. The minimum absolute atomic E-state index is 0.110. The molecule has 0 radical (unpaired) electrons. The topological polar surface area (TPSA) is 55.4 Å². The summed E-state index contributed by atoms with van der Waals surface area (Å²) >= 11 is 3.40. The van der Waals surface area contributed by atoms with Crippen LogP contribution in [0.5, 0.6) is 0 Å². The van der Waals surface area contributed by atoms with Crippen LogP contribution in [0.3, 0.4) is 0 Å². The number of ether oxygens (including phenoxy) is 1. The fraction of sp³-hybridized carbons (Fsp3) is 0.333. The van der Waals surface area contributed by atoms with Gasteiger partial charge < -0.3 is 10.1 Å². The number of hydrogen-bond acceptors (Lipinski definition) is 3. The predicted octanol–water partition coefficient (Wildman–Crippen LogP) is 2.19. The lowest BCUT2D eigenvalue weighted by Crippen LogP contribution is -2.28. The molecule has 0 heterocycles. The van der Waals surface area contributed by atoms with Crippen LogP contribution in [0, 0.1) is 0 Å². The molecule has 1 amide bonds. The van der Waals surface area contributed by atoms with E-state index in [1.54, 1.807) is 0 Å². The summed E-state index contributed by atoms with van der Waals surface area (Å²) in [5.74, 6) is -0.547. The molecule has 0 spiro atoms. The molecule has 0 fully saturated rings. The smallest absolute Gasteiger partial charge is 0.307 e. The predicted molar refractivity (Wildman–Crippen MR) is 67.3 cm³/mol. The van der Waals surface area contributed by atoms with E-state index in [2.05, 4.69) is 26.0 Å². The molecule has 0 saturated heterocycles. The molecule has 0 aliphatic heterocycles. The van der Waals surface area contributed by atoms with Crippen LogP contribution < -0.4 is 5.32 Å². The van der Waals surface area contributed by atoms with Gasteiger partial charge in [0.2, 0.25) is 5.91 Å². The highest BCUT2D eigenvalue weighted by Gasteiger charge is 2.19. The average Bonchev–Trinajstić information content (AvgIpc) is 2.28. The fourth-order valence-corrected chi connectivity index (χ4v) is 2.05. The number of esters is 1. The maximum atomic E-state index is 11.3. The van der Waals surface area contributed by atoms with Crippen LogP contribution in [0.25, 0.3) is 0 Å². The van der Waals surface area contributed by atoms with E-state index in [0.717, 1.165) is 10.0 Å². The molecular formula is C12H14BrNO3. The van der Waals surface area contributed by atoms with Gasteiger partial charge in [0.1, 0.15) is 0 Å². The average molecular weight is 300 g/mol. The standard InChI is InChI=1S/C12H14BrNO3/c1-8(15)14-11(7-12(16)17-2)9-5-3-4-6-10(9)13/h3-6,11H,7H2,1-2H3,(H,14,15)/t11-/m0/s1. The lowest BCUT2D eigenvalue weighted by atomic mass is 10.0. The van der Waals surface area contributed by atoms with E-state index in [1.165, 1.54) is 14.0 Å². The maximum absolute atomic E-state index is 11.3. The third kappa shape index (κ3) is 4.19. The maximum Gasteiger partial charge on any atom is 0.307 e. The molecule has 1 atom stereocenters. The summed E-state index contributed by atoms with van der Waals surface area (Å²) in [5, 5.41) is 2.73. The molecule has 5 heteroatoms. The van der Waals surface area contributed by atoms with Crippen molar-refractivity contribution in [3.05, 3.63) is 34.3 Å². The number of nitrogens with one attached hydrogen (secondary N) is 1. The molecule has 1 aromatic rings. The Morgan fingerprint density at radius 1 is 1.41 bits per heavy atom. The number of carbonyl (C=O) groups is 2. The summed E-state index contributed by atoms with van der Waals surface area (Å²) in [4.78, 5) is 22.4. The van der Waals surface area contributed by atoms with Gasteiger partial charge in [-0.2, -0.15) is 0 Å². The van der Waals surface area contributed by atoms with E-state index in [1.807, 2.05) is 24.3 Å². The molecule has 0 aliphatic rings. The molecule has 0 bridgehead atoms. The van der Waals surface area contributed by atoms with Crippen LogP contribution in [0.15, 0.2) is 28.7 Å². The number of amides is 1. The molecule has 1 N–H and O–H groups in total. The minimum Gasteiger partial charge on any atom is -0.469 e. The molecule has 0 unspecified atom stereocenters. The van der Waals surface area contributed by atoms with Gasteiger partial charge in [0.05, 0.1) is 19.6 Å². The van der Waals surface area contributed by atoms with Crippen molar-refractivity contribution in [2.45, 2.75) is 19.4 Å². The molecule has 17 heavy (non-hydrogen) atoms. The third-order valence-corrected chi connectivity index (χ3v) is 2.98. The van der Waals surface area contributed by atoms with Gasteiger partial charge in [-0.25, -0.2) is 0 Å². The molecule has 92 valence electrons. The number of carbonyl (C=O) groups excluding carboxylic acids is 2. The summed E-state index contributed by atoms with van der Waals surface area (Å²) in [6.07, 6.45) is 0.110. The lowest BCUT2D eigenvalue weighted by Gasteiger charge is -2.18. The van der Waals surface area contributed by atoms with Gasteiger partial charge in [0, 0.05) is 11.4 Å². The van der Waals surface area contributed by atoms with E-state index in [0.29, 0.717) is 0 Å². The van der Waals surface area contributed by atoms with E-state index in [-0.39, 0.29) is 24.3 Å². The summed E-state index contributed by atoms with van der Waals surface area (Å²) in [6, 6.07) is 7.06. The highest BCUT2D eigenvalue weighted by atomic mass is 79.9.